The molecule has 2 rings (SSSR count). The molecule has 0 spiro atoms. The summed E-state index contributed by atoms with van der Waals surface area (Å²) >= 11 is 0. The van der Waals surface area contributed by atoms with Gasteiger partial charge in [-0.1, -0.05) is 12.5 Å². The van der Waals surface area contributed by atoms with Crippen molar-refractivity contribution in [3.63, 3.8) is 0 Å². The molecule has 1 aliphatic rings. The first-order valence-corrected chi connectivity index (χ1v) is 7.39. The maximum Gasteiger partial charge on any atom is 0.128 e. The second kappa shape index (κ2) is 6.38. The van der Waals surface area contributed by atoms with Gasteiger partial charge in [-0.15, -0.1) is 0 Å². The summed E-state index contributed by atoms with van der Waals surface area (Å²) in [6.07, 6.45) is 4.57. The zero-order chi connectivity index (χ0) is 13.8. The van der Waals surface area contributed by atoms with E-state index in [2.05, 4.69) is 11.8 Å². The van der Waals surface area contributed by atoms with Gasteiger partial charge < -0.3 is 10.6 Å². The summed E-state index contributed by atoms with van der Waals surface area (Å²) in [4.78, 5) is 2.31. The molecule has 1 aliphatic carbocycles. The molecule has 19 heavy (non-hydrogen) atoms. The molecule has 0 bridgehead atoms. The third-order valence-electron chi connectivity index (χ3n) is 4.05. The highest BCUT2D eigenvalue weighted by Crippen LogP contribution is 2.31. The van der Waals surface area contributed by atoms with Crippen molar-refractivity contribution in [2.45, 2.75) is 45.6 Å². The zero-order valence-corrected chi connectivity index (χ0v) is 12.0. The van der Waals surface area contributed by atoms with E-state index >= 15 is 0 Å². The van der Waals surface area contributed by atoms with Crippen LogP contribution in [-0.2, 0) is 6.42 Å². The standard InChI is InChI=1S/C16H25FN2/c1-3-19(11-13-6-4-7-13)16-9-5-8-15(17)14(16)10-12(2)18/h5,8-9,12-13H,3-4,6-7,10-11,18H2,1-2H3. The zero-order valence-electron chi connectivity index (χ0n) is 12.0. The van der Waals surface area contributed by atoms with E-state index in [9.17, 15) is 4.39 Å². The van der Waals surface area contributed by atoms with Gasteiger partial charge in [0.2, 0.25) is 0 Å². The topological polar surface area (TPSA) is 29.3 Å². The average molecular weight is 264 g/mol. The maximum atomic E-state index is 14.1. The van der Waals surface area contributed by atoms with Gasteiger partial charge in [-0.05, 0) is 51.2 Å². The second-order valence-electron chi connectivity index (χ2n) is 5.75. The summed E-state index contributed by atoms with van der Waals surface area (Å²) in [6, 6.07) is 5.36. The monoisotopic (exact) mass is 264 g/mol. The predicted octanol–water partition coefficient (Wildman–Crippen LogP) is 3.34. The van der Waals surface area contributed by atoms with Crippen molar-refractivity contribution in [1.82, 2.24) is 0 Å². The van der Waals surface area contributed by atoms with Gasteiger partial charge in [0.15, 0.2) is 0 Å². The van der Waals surface area contributed by atoms with E-state index in [1.54, 1.807) is 12.1 Å². The van der Waals surface area contributed by atoms with Gasteiger partial charge in [-0.25, -0.2) is 4.39 Å². The molecular formula is C16H25FN2. The molecule has 1 unspecified atom stereocenters. The van der Waals surface area contributed by atoms with Crippen LogP contribution in [0.2, 0.25) is 0 Å². The molecule has 0 heterocycles. The third-order valence-corrected chi connectivity index (χ3v) is 4.05. The lowest BCUT2D eigenvalue weighted by Crippen LogP contribution is -2.33. The van der Waals surface area contributed by atoms with Gasteiger partial charge in [-0.3, -0.25) is 0 Å². The number of nitrogens with two attached hydrogens (primary N) is 1. The minimum Gasteiger partial charge on any atom is -0.371 e. The van der Waals surface area contributed by atoms with Gasteiger partial charge >= 0.3 is 0 Å². The van der Waals surface area contributed by atoms with Crippen LogP contribution in [0.4, 0.5) is 10.1 Å². The van der Waals surface area contributed by atoms with E-state index < -0.39 is 0 Å². The fourth-order valence-electron chi connectivity index (χ4n) is 2.75. The van der Waals surface area contributed by atoms with Crippen LogP contribution in [0.3, 0.4) is 0 Å². The van der Waals surface area contributed by atoms with E-state index in [4.69, 9.17) is 5.73 Å². The molecule has 106 valence electrons. The Labute approximate surface area is 115 Å². The Hall–Kier alpha value is -1.09. The number of anilines is 1. The van der Waals surface area contributed by atoms with Crippen molar-refractivity contribution in [2.75, 3.05) is 18.0 Å². The van der Waals surface area contributed by atoms with Crippen LogP contribution >= 0.6 is 0 Å². The molecule has 1 atom stereocenters. The van der Waals surface area contributed by atoms with Crippen LogP contribution in [0, 0.1) is 11.7 Å². The summed E-state index contributed by atoms with van der Waals surface area (Å²) in [6.45, 7) is 6.04. The predicted molar refractivity (Wildman–Crippen MR) is 79.0 cm³/mol. The molecule has 1 saturated carbocycles. The van der Waals surface area contributed by atoms with Crippen LogP contribution < -0.4 is 10.6 Å². The van der Waals surface area contributed by atoms with Crippen LogP contribution in [-0.4, -0.2) is 19.1 Å². The SMILES string of the molecule is CCN(CC1CCC1)c1cccc(F)c1CC(C)N. The first-order valence-electron chi connectivity index (χ1n) is 7.39. The van der Waals surface area contributed by atoms with E-state index in [-0.39, 0.29) is 11.9 Å². The second-order valence-corrected chi connectivity index (χ2v) is 5.75. The number of hydrogen-bond acceptors (Lipinski definition) is 2. The lowest BCUT2D eigenvalue weighted by Gasteiger charge is -2.34. The molecule has 2 N–H and O–H groups in total. The molecule has 2 nitrogen and oxygen atoms in total. The van der Waals surface area contributed by atoms with Gasteiger partial charge in [0.25, 0.3) is 0 Å². The third kappa shape index (κ3) is 3.47. The molecule has 0 amide bonds. The molecule has 0 aromatic heterocycles. The number of benzene rings is 1. The highest BCUT2D eigenvalue weighted by molar-refractivity contribution is 5.54. The Bertz CT molecular complexity index is 413. The lowest BCUT2D eigenvalue weighted by molar-refractivity contribution is 0.318. The normalized spacial score (nSPS) is 17.1. The van der Waals surface area contributed by atoms with Gasteiger partial charge in [0, 0.05) is 30.4 Å². The fourth-order valence-corrected chi connectivity index (χ4v) is 2.75. The van der Waals surface area contributed by atoms with Crippen molar-refractivity contribution >= 4 is 5.69 Å². The Balaban J connectivity index is 2.21. The minimum atomic E-state index is -0.123. The molecule has 0 radical (unpaired) electrons. The number of hydrogen-bond donors (Lipinski definition) is 1. The number of rotatable bonds is 6. The molecule has 1 aromatic rings. The van der Waals surface area contributed by atoms with E-state index in [1.807, 2.05) is 13.0 Å². The van der Waals surface area contributed by atoms with Crippen molar-refractivity contribution in [2.24, 2.45) is 11.7 Å². The summed E-state index contributed by atoms with van der Waals surface area (Å²) in [7, 11) is 0. The summed E-state index contributed by atoms with van der Waals surface area (Å²) in [5.41, 5.74) is 7.67. The molecule has 0 aliphatic heterocycles. The van der Waals surface area contributed by atoms with Gasteiger partial charge in [-0.2, -0.15) is 0 Å². The molecular weight excluding hydrogens is 239 g/mol. The van der Waals surface area contributed by atoms with Crippen molar-refractivity contribution in [1.29, 1.82) is 0 Å². The van der Waals surface area contributed by atoms with Crippen LogP contribution in [0.25, 0.3) is 0 Å². The van der Waals surface area contributed by atoms with Crippen molar-refractivity contribution in [3.05, 3.63) is 29.6 Å². The van der Waals surface area contributed by atoms with Crippen LogP contribution in [0.1, 0.15) is 38.7 Å². The largest absolute Gasteiger partial charge is 0.371 e. The van der Waals surface area contributed by atoms with E-state index in [0.717, 1.165) is 30.3 Å². The Morgan fingerprint density at radius 3 is 2.68 bits per heavy atom. The maximum absolute atomic E-state index is 14.1. The van der Waals surface area contributed by atoms with Crippen molar-refractivity contribution in [3.8, 4) is 0 Å². The molecule has 3 heteroatoms. The fraction of sp³-hybridized carbons (Fsp3) is 0.625. The van der Waals surface area contributed by atoms with Crippen LogP contribution in [0.15, 0.2) is 18.2 Å². The first-order chi connectivity index (χ1) is 9.11. The first kappa shape index (κ1) is 14.3. The van der Waals surface area contributed by atoms with Crippen molar-refractivity contribution < 1.29 is 4.39 Å². The number of nitrogens with zero attached hydrogens (tertiary/aromatic N) is 1. The minimum absolute atomic E-state index is 0.0157. The summed E-state index contributed by atoms with van der Waals surface area (Å²) < 4.78 is 14.1. The quantitative estimate of drug-likeness (QED) is 0.854. The molecule has 1 fully saturated rings. The average Bonchev–Trinajstić information content (AvgIpc) is 2.31. The lowest BCUT2D eigenvalue weighted by atomic mass is 9.85. The summed E-state index contributed by atoms with van der Waals surface area (Å²) in [5.74, 6) is 0.660. The Kier molecular flexibility index (Phi) is 4.81. The van der Waals surface area contributed by atoms with E-state index in [1.165, 1.54) is 19.3 Å². The Morgan fingerprint density at radius 1 is 1.42 bits per heavy atom. The molecule has 1 aromatic carbocycles. The molecule has 0 saturated heterocycles. The van der Waals surface area contributed by atoms with Gasteiger partial charge in [0.05, 0.1) is 0 Å². The number of halogens is 1. The van der Waals surface area contributed by atoms with E-state index in [0.29, 0.717) is 6.42 Å². The Morgan fingerprint density at radius 2 is 2.16 bits per heavy atom. The summed E-state index contributed by atoms with van der Waals surface area (Å²) in [5, 5.41) is 0. The highest BCUT2D eigenvalue weighted by atomic mass is 19.1. The smallest absolute Gasteiger partial charge is 0.128 e. The van der Waals surface area contributed by atoms with Crippen LogP contribution in [0.5, 0.6) is 0 Å². The highest BCUT2D eigenvalue weighted by Gasteiger charge is 2.22. The van der Waals surface area contributed by atoms with Gasteiger partial charge in [0.1, 0.15) is 5.82 Å².